The van der Waals surface area contributed by atoms with E-state index in [9.17, 15) is 20.1 Å². The molecule has 2 unspecified atom stereocenters. The number of aliphatic hydroxyl groups is 1. The molecule has 0 aliphatic heterocycles. The van der Waals surface area contributed by atoms with Crippen LogP contribution < -0.4 is 10.1 Å². The maximum absolute atomic E-state index is 11.2. The van der Waals surface area contributed by atoms with E-state index in [4.69, 9.17) is 4.74 Å². The van der Waals surface area contributed by atoms with E-state index in [1.807, 2.05) is 36.4 Å². The molecular weight excluding hydrogens is 396 g/mol. The molecule has 31 heavy (non-hydrogen) atoms. The molecule has 0 bridgehead atoms. The Labute approximate surface area is 178 Å². The van der Waals surface area contributed by atoms with Gasteiger partial charge in [-0.15, -0.1) is 0 Å². The number of nitrogens with one attached hydrogen (secondary N) is 2. The number of benzene rings is 3. The van der Waals surface area contributed by atoms with Gasteiger partial charge in [0, 0.05) is 40.5 Å². The van der Waals surface area contributed by atoms with Gasteiger partial charge < -0.3 is 30.4 Å². The second-order valence-corrected chi connectivity index (χ2v) is 7.39. The predicted molar refractivity (Wildman–Crippen MR) is 118 cm³/mol. The Bertz CT molecular complexity index is 1200. The Balaban J connectivity index is 1.39. The van der Waals surface area contributed by atoms with Gasteiger partial charge in [0.1, 0.15) is 18.1 Å². The van der Waals surface area contributed by atoms with Crippen LogP contribution in [-0.2, 0) is 4.79 Å². The summed E-state index contributed by atoms with van der Waals surface area (Å²) in [6.07, 6.45) is -1.46. The number of hydrogen-bond donors (Lipinski definition) is 5. The van der Waals surface area contributed by atoms with Crippen LogP contribution in [0.25, 0.3) is 21.8 Å². The first-order valence-electron chi connectivity index (χ1n) is 10.1. The van der Waals surface area contributed by atoms with Crippen molar-refractivity contribution in [1.82, 2.24) is 10.3 Å². The quantitative estimate of drug-likeness (QED) is 0.265. The highest BCUT2D eigenvalue weighted by Gasteiger charge is 2.25. The molecule has 1 aromatic heterocycles. The number of aromatic nitrogens is 1. The lowest BCUT2D eigenvalue weighted by Gasteiger charge is -2.24. The molecule has 1 heterocycles. The van der Waals surface area contributed by atoms with Crippen LogP contribution in [0.4, 0.5) is 0 Å². The van der Waals surface area contributed by atoms with Gasteiger partial charge >= 0.3 is 5.97 Å². The minimum atomic E-state index is -1.17. The maximum Gasteiger partial charge on any atom is 0.305 e. The van der Waals surface area contributed by atoms with Crippen molar-refractivity contribution in [2.45, 2.75) is 18.6 Å². The maximum atomic E-state index is 11.2. The molecule has 4 rings (SSSR count). The van der Waals surface area contributed by atoms with E-state index >= 15 is 0 Å². The number of aromatic hydroxyl groups is 1. The molecule has 0 fully saturated rings. The molecule has 0 spiro atoms. The molecular formula is C24H24N2O5. The van der Waals surface area contributed by atoms with Crippen molar-refractivity contribution in [3.05, 3.63) is 72.3 Å². The average Bonchev–Trinajstić information content (AvgIpc) is 3.13. The fourth-order valence-corrected chi connectivity index (χ4v) is 3.77. The number of carboxylic acids is 1. The smallest absolute Gasteiger partial charge is 0.305 e. The lowest BCUT2D eigenvalue weighted by molar-refractivity contribution is -0.138. The van der Waals surface area contributed by atoms with E-state index in [0.717, 1.165) is 21.8 Å². The summed E-state index contributed by atoms with van der Waals surface area (Å²) in [5.74, 6) is -0.427. The topological polar surface area (TPSA) is 115 Å². The fourth-order valence-electron chi connectivity index (χ4n) is 3.77. The zero-order chi connectivity index (χ0) is 21.8. The predicted octanol–water partition coefficient (Wildman–Crippen LogP) is 3.57. The van der Waals surface area contributed by atoms with Gasteiger partial charge in [0.25, 0.3) is 0 Å². The van der Waals surface area contributed by atoms with E-state index in [1.165, 1.54) is 6.07 Å². The Morgan fingerprint density at radius 2 is 1.74 bits per heavy atom. The molecule has 3 aromatic carbocycles. The fraction of sp³-hybridized carbons (Fsp3) is 0.208. The number of aliphatic hydroxyl groups excluding tert-OH is 1. The van der Waals surface area contributed by atoms with Gasteiger partial charge in [-0.2, -0.15) is 0 Å². The molecule has 4 aromatic rings. The highest BCUT2D eigenvalue weighted by atomic mass is 16.5. The third-order valence-corrected chi connectivity index (χ3v) is 5.29. The number of rotatable bonds is 9. The number of hydrogen-bond acceptors (Lipinski definition) is 5. The number of carboxylic acid groups (broad SMARTS) is 1. The van der Waals surface area contributed by atoms with Crippen molar-refractivity contribution in [2.24, 2.45) is 0 Å². The number of para-hydroxylation sites is 2. The van der Waals surface area contributed by atoms with E-state index in [2.05, 4.69) is 16.4 Å². The van der Waals surface area contributed by atoms with E-state index in [-0.39, 0.29) is 24.3 Å². The SMILES string of the molecule is O=C(O)CC(NCCOc1ccc2c(c1)[nH]c1ccccc12)C(O)c1ccccc1O. The first-order valence-corrected chi connectivity index (χ1v) is 10.1. The molecule has 0 saturated heterocycles. The zero-order valence-corrected chi connectivity index (χ0v) is 16.8. The second kappa shape index (κ2) is 9.07. The highest BCUT2D eigenvalue weighted by Crippen LogP contribution is 2.29. The van der Waals surface area contributed by atoms with Gasteiger partial charge in [0.15, 0.2) is 0 Å². The molecule has 7 heteroatoms. The second-order valence-electron chi connectivity index (χ2n) is 7.39. The van der Waals surface area contributed by atoms with Crippen LogP contribution in [0, 0.1) is 0 Å². The van der Waals surface area contributed by atoms with Crippen molar-refractivity contribution in [1.29, 1.82) is 0 Å². The van der Waals surface area contributed by atoms with Crippen LogP contribution in [0.3, 0.4) is 0 Å². The van der Waals surface area contributed by atoms with E-state index in [0.29, 0.717) is 12.3 Å². The summed E-state index contributed by atoms with van der Waals surface area (Å²) >= 11 is 0. The monoisotopic (exact) mass is 420 g/mol. The Hall–Kier alpha value is -3.55. The summed E-state index contributed by atoms with van der Waals surface area (Å²) < 4.78 is 5.81. The minimum absolute atomic E-state index is 0.0740. The van der Waals surface area contributed by atoms with Gasteiger partial charge in [0.05, 0.1) is 18.0 Å². The Morgan fingerprint density at radius 3 is 2.55 bits per heavy atom. The molecule has 5 N–H and O–H groups in total. The summed E-state index contributed by atoms with van der Waals surface area (Å²) in [5.41, 5.74) is 2.32. The summed E-state index contributed by atoms with van der Waals surface area (Å²) in [5, 5.41) is 35.0. The van der Waals surface area contributed by atoms with Crippen LogP contribution >= 0.6 is 0 Å². The first-order chi connectivity index (χ1) is 15.0. The summed E-state index contributed by atoms with van der Waals surface area (Å²) in [6.45, 7) is 0.614. The molecule has 0 amide bonds. The molecule has 0 aliphatic carbocycles. The van der Waals surface area contributed by atoms with Crippen LogP contribution in [0.1, 0.15) is 18.1 Å². The molecule has 7 nitrogen and oxygen atoms in total. The molecule has 0 saturated carbocycles. The molecule has 2 atom stereocenters. The number of fused-ring (bicyclic) bond motifs is 3. The first kappa shape index (κ1) is 20.7. The number of phenols is 1. The largest absolute Gasteiger partial charge is 0.508 e. The average molecular weight is 420 g/mol. The van der Waals surface area contributed by atoms with Gasteiger partial charge in [-0.25, -0.2) is 0 Å². The Kier molecular flexibility index (Phi) is 6.06. The number of carbonyl (C=O) groups is 1. The van der Waals surface area contributed by atoms with Gasteiger partial charge in [-0.1, -0.05) is 36.4 Å². The third-order valence-electron chi connectivity index (χ3n) is 5.29. The molecule has 160 valence electrons. The van der Waals surface area contributed by atoms with Crippen molar-refractivity contribution in [3.63, 3.8) is 0 Å². The van der Waals surface area contributed by atoms with Crippen LogP contribution in [0.2, 0.25) is 0 Å². The van der Waals surface area contributed by atoms with Crippen molar-refractivity contribution in [2.75, 3.05) is 13.2 Å². The van der Waals surface area contributed by atoms with Crippen molar-refractivity contribution >= 4 is 27.8 Å². The van der Waals surface area contributed by atoms with Gasteiger partial charge in [-0.3, -0.25) is 4.79 Å². The number of phenolic OH excluding ortho intramolecular Hbond substituents is 1. The Morgan fingerprint density at radius 1 is 1.00 bits per heavy atom. The normalized spacial score (nSPS) is 13.3. The molecule has 0 aliphatic rings. The minimum Gasteiger partial charge on any atom is -0.508 e. The standard InChI is InChI=1S/C24H24N2O5/c27-22-8-4-2-6-18(22)24(30)21(14-23(28)29)25-11-12-31-15-9-10-17-16-5-1-3-7-19(16)26-20(17)13-15/h1-10,13,21,24-27,30H,11-12,14H2,(H,28,29). The number of ether oxygens (including phenoxy) is 1. The zero-order valence-electron chi connectivity index (χ0n) is 16.8. The van der Waals surface area contributed by atoms with Crippen LogP contribution in [-0.4, -0.2) is 45.5 Å². The van der Waals surface area contributed by atoms with Crippen LogP contribution in [0.15, 0.2) is 66.7 Å². The van der Waals surface area contributed by atoms with Crippen LogP contribution in [0.5, 0.6) is 11.5 Å². The lowest BCUT2D eigenvalue weighted by Crippen LogP contribution is -2.39. The summed E-state index contributed by atoms with van der Waals surface area (Å²) in [7, 11) is 0. The van der Waals surface area contributed by atoms with Crippen molar-refractivity contribution < 1.29 is 24.9 Å². The number of aliphatic carboxylic acids is 1. The van der Waals surface area contributed by atoms with Gasteiger partial charge in [-0.05, 0) is 24.3 Å². The van der Waals surface area contributed by atoms with E-state index < -0.39 is 18.1 Å². The van der Waals surface area contributed by atoms with E-state index in [1.54, 1.807) is 18.2 Å². The summed E-state index contributed by atoms with van der Waals surface area (Å²) in [6, 6.07) is 19.5. The number of aromatic amines is 1. The lowest BCUT2D eigenvalue weighted by atomic mass is 9.99. The summed E-state index contributed by atoms with van der Waals surface area (Å²) in [4.78, 5) is 14.6. The van der Waals surface area contributed by atoms with Crippen molar-refractivity contribution in [3.8, 4) is 11.5 Å². The van der Waals surface area contributed by atoms with Gasteiger partial charge in [0.2, 0.25) is 0 Å². The highest BCUT2D eigenvalue weighted by molar-refractivity contribution is 6.07. The molecule has 0 radical (unpaired) electrons. The third kappa shape index (κ3) is 4.63. The number of H-pyrrole nitrogens is 1.